The molecule has 54 heavy (non-hydrogen) atoms. The van der Waals surface area contributed by atoms with Crippen molar-refractivity contribution >= 4 is 10.9 Å². The molecule has 0 aliphatic heterocycles. The van der Waals surface area contributed by atoms with Crippen LogP contribution in [0, 0.1) is 0 Å². The van der Waals surface area contributed by atoms with Gasteiger partial charge in [0.05, 0.1) is 16.3 Å². The lowest BCUT2D eigenvalue weighted by molar-refractivity contribution is 0.627. The van der Waals surface area contributed by atoms with E-state index >= 15 is 0 Å². The number of fused-ring (bicyclic) bond motifs is 6. The molecule has 2 atom stereocenters. The Morgan fingerprint density at radius 3 is 1.63 bits per heavy atom. The first-order chi connectivity index (χ1) is 26.8. The van der Waals surface area contributed by atoms with Crippen LogP contribution in [0.3, 0.4) is 0 Å². The van der Waals surface area contributed by atoms with Crippen molar-refractivity contribution in [3.05, 3.63) is 257 Å². The van der Waals surface area contributed by atoms with Crippen LogP contribution in [-0.2, 0) is 10.8 Å². The molecule has 0 saturated carbocycles. The predicted molar refractivity (Wildman–Crippen MR) is 222 cm³/mol. The lowest BCUT2D eigenvalue weighted by atomic mass is 9.51. The zero-order valence-corrected chi connectivity index (χ0v) is 29.7. The van der Waals surface area contributed by atoms with E-state index in [1.165, 1.54) is 66.8 Å². The zero-order valence-electron chi connectivity index (χ0n) is 29.7. The Morgan fingerprint density at radius 2 is 0.852 bits per heavy atom. The van der Waals surface area contributed by atoms with Gasteiger partial charge in [-0.05, 0) is 84.5 Å². The molecule has 2 unspecified atom stereocenters. The number of pyridine rings is 1. The van der Waals surface area contributed by atoms with Crippen molar-refractivity contribution in [3.63, 3.8) is 0 Å². The number of hydrogen-bond acceptors (Lipinski definition) is 1. The van der Waals surface area contributed by atoms with Crippen molar-refractivity contribution in [2.24, 2.45) is 0 Å². The summed E-state index contributed by atoms with van der Waals surface area (Å²) in [6, 6.07) is 76.5. The lowest BCUT2D eigenvalue weighted by Crippen LogP contribution is -2.44. The lowest BCUT2D eigenvalue weighted by Gasteiger charge is -2.49. The average molecular weight is 686 g/mol. The van der Waals surface area contributed by atoms with Gasteiger partial charge in [0.15, 0.2) is 0 Å². The highest BCUT2D eigenvalue weighted by molar-refractivity contribution is 5.94. The van der Waals surface area contributed by atoms with Crippen molar-refractivity contribution in [1.29, 1.82) is 0 Å². The molecule has 0 spiro atoms. The first kappa shape index (κ1) is 30.8. The molecular formula is C53H35N. The molecule has 0 fully saturated rings. The minimum Gasteiger partial charge on any atom is -0.256 e. The van der Waals surface area contributed by atoms with Crippen molar-refractivity contribution in [3.8, 4) is 33.4 Å². The monoisotopic (exact) mass is 685 g/mol. The molecule has 2 aliphatic rings. The Labute approximate surface area is 315 Å². The Bertz CT molecular complexity index is 2870. The summed E-state index contributed by atoms with van der Waals surface area (Å²) in [5.41, 5.74) is 17.9. The molecule has 9 aromatic rings. The standard InChI is InChI=1S/C53H35N/c1-3-18-40(19-4-1)52(42-22-11-16-39(35-42)36-30-32-37(33-31-36)43-24-12-15-38-17-14-34-54-51(38)43)47-27-9-10-28-48(47)53(41-20-5-2-6-21-41)46-26-8-7-23-44(46)45-25-13-29-49(52)50(45)53/h1-35H. The Hall–Kier alpha value is -6.83. The molecule has 0 saturated heterocycles. The van der Waals surface area contributed by atoms with E-state index in [-0.39, 0.29) is 0 Å². The predicted octanol–water partition coefficient (Wildman–Crippen LogP) is 12.6. The molecule has 1 heteroatoms. The molecule has 8 aromatic carbocycles. The van der Waals surface area contributed by atoms with Gasteiger partial charge in [0, 0.05) is 17.1 Å². The maximum Gasteiger partial charge on any atom is 0.0780 e. The number of nitrogens with zero attached hydrogens (tertiary/aromatic N) is 1. The van der Waals surface area contributed by atoms with Crippen LogP contribution in [0.4, 0.5) is 0 Å². The SMILES string of the molecule is c1ccc(C2(c3cccc(-c4ccc(-c5cccc6cccnc56)cc4)c3)c3ccccc3C3(c4ccccc4)c4ccccc4-c4cccc2c43)cc1. The van der Waals surface area contributed by atoms with E-state index in [0.29, 0.717) is 0 Å². The highest BCUT2D eigenvalue weighted by Gasteiger charge is 2.57. The molecule has 0 bridgehead atoms. The van der Waals surface area contributed by atoms with Gasteiger partial charge in [0.25, 0.3) is 0 Å². The summed E-state index contributed by atoms with van der Waals surface area (Å²) in [5.74, 6) is 0. The van der Waals surface area contributed by atoms with Crippen molar-refractivity contribution < 1.29 is 0 Å². The van der Waals surface area contributed by atoms with E-state index in [0.717, 1.165) is 22.0 Å². The molecule has 252 valence electrons. The molecule has 11 rings (SSSR count). The zero-order chi connectivity index (χ0) is 35.7. The van der Waals surface area contributed by atoms with Crippen molar-refractivity contribution in [2.45, 2.75) is 10.8 Å². The molecule has 1 nitrogen and oxygen atoms in total. The fourth-order valence-corrected chi connectivity index (χ4v) is 9.97. The van der Waals surface area contributed by atoms with Gasteiger partial charge in [-0.3, -0.25) is 4.98 Å². The second-order valence-corrected chi connectivity index (χ2v) is 14.6. The quantitative estimate of drug-likeness (QED) is 0.176. The maximum absolute atomic E-state index is 4.73. The van der Waals surface area contributed by atoms with E-state index in [2.05, 4.69) is 200 Å². The summed E-state index contributed by atoms with van der Waals surface area (Å²) in [5, 5.41) is 1.15. The van der Waals surface area contributed by atoms with Crippen LogP contribution in [0.5, 0.6) is 0 Å². The normalized spacial score (nSPS) is 17.8. The van der Waals surface area contributed by atoms with Crippen molar-refractivity contribution in [2.75, 3.05) is 0 Å². The van der Waals surface area contributed by atoms with Gasteiger partial charge < -0.3 is 0 Å². The van der Waals surface area contributed by atoms with E-state index < -0.39 is 10.8 Å². The first-order valence-electron chi connectivity index (χ1n) is 18.8. The second kappa shape index (κ2) is 11.8. The smallest absolute Gasteiger partial charge is 0.0780 e. The summed E-state index contributed by atoms with van der Waals surface area (Å²) >= 11 is 0. The van der Waals surface area contributed by atoms with Crippen LogP contribution in [0.15, 0.2) is 212 Å². The first-order valence-corrected chi connectivity index (χ1v) is 18.8. The van der Waals surface area contributed by atoms with Gasteiger partial charge >= 0.3 is 0 Å². The Kier molecular flexibility index (Phi) is 6.75. The molecule has 0 amide bonds. The Morgan fingerprint density at radius 1 is 0.315 bits per heavy atom. The number of hydrogen-bond donors (Lipinski definition) is 0. The van der Waals surface area contributed by atoms with Crippen LogP contribution in [0.1, 0.15) is 44.5 Å². The summed E-state index contributed by atoms with van der Waals surface area (Å²) in [4.78, 5) is 4.73. The van der Waals surface area contributed by atoms with E-state index in [1.54, 1.807) is 0 Å². The van der Waals surface area contributed by atoms with Crippen LogP contribution < -0.4 is 0 Å². The summed E-state index contributed by atoms with van der Waals surface area (Å²) in [6.45, 7) is 0. The molecule has 0 radical (unpaired) electrons. The Balaban J connectivity index is 1.18. The van der Waals surface area contributed by atoms with E-state index in [1.807, 2.05) is 12.3 Å². The van der Waals surface area contributed by atoms with Crippen LogP contribution in [0.25, 0.3) is 44.3 Å². The van der Waals surface area contributed by atoms with E-state index in [4.69, 9.17) is 4.98 Å². The number of benzene rings is 8. The van der Waals surface area contributed by atoms with Crippen LogP contribution >= 0.6 is 0 Å². The minimum absolute atomic E-state index is 0.456. The third-order valence-corrected chi connectivity index (χ3v) is 12.1. The molecular weight excluding hydrogens is 651 g/mol. The van der Waals surface area contributed by atoms with Gasteiger partial charge in [-0.2, -0.15) is 0 Å². The van der Waals surface area contributed by atoms with Crippen LogP contribution in [-0.4, -0.2) is 4.98 Å². The number of rotatable bonds is 5. The average Bonchev–Trinajstić information content (AvgIpc) is 3.57. The van der Waals surface area contributed by atoms with E-state index in [9.17, 15) is 0 Å². The largest absolute Gasteiger partial charge is 0.256 e. The van der Waals surface area contributed by atoms with Gasteiger partial charge in [-0.1, -0.05) is 194 Å². The third kappa shape index (κ3) is 4.12. The second-order valence-electron chi connectivity index (χ2n) is 14.6. The third-order valence-electron chi connectivity index (χ3n) is 12.1. The fourth-order valence-electron chi connectivity index (χ4n) is 9.97. The van der Waals surface area contributed by atoms with Gasteiger partial charge in [0.1, 0.15) is 0 Å². The highest BCUT2D eigenvalue weighted by atomic mass is 14.6. The molecule has 2 aliphatic carbocycles. The number of aromatic nitrogens is 1. The van der Waals surface area contributed by atoms with Gasteiger partial charge in [0.2, 0.25) is 0 Å². The summed E-state index contributed by atoms with van der Waals surface area (Å²) in [6.07, 6.45) is 1.88. The van der Waals surface area contributed by atoms with Crippen molar-refractivity contribution in [1.82, 2.24) is 4.98 Å². The minimum atomic E-state index is -0.575. The van der Waals surface area contributed by atoms with Gasteiger partial charge in [-0.15, -0.1) is 0 Å². The molecule has 1 aromatic heterocycles. The summed E-state index contributed by atoms with van der Waals surface area (Å²) < 4.78 is 0. The molecule has 0 N–H and O–H groups in total. The highest BCUT2D eigenvalue weighted by Crippen LogP contribution is 2.65. The van der Waals surface area contributed by atoms with Gasteiger partial charge in [-0.25, -0.2) is 0 Å². The fraction of sp³-hybridized carbons (Fsp3) is 0.0377. The summed E-state index contributed by atoms with van der Waals surface area (Å²) in [7, 11) is 0. The maximum atomic E-state index is 4.73. The molecule has 1 heterocycles. The topological polar surface area (TPSA) is 12.9 Å². The van der Waals surface area contributed by atoms with Crippen LogP contribution in [0.2, 0.25) is 0 Å². The number of para-hydroxylation sites is 1.